The molecular formula is C11H25NO2. The summed E-state index contributed by atoms with van der Waals surface area (Å²) in [7, 11) is 1.74. The third-order valence-electron chi connectivity index (χ3n) is 2.38. The van der Waals surface area contributed by atoms with Gasteiger partial charge in [0, 0.05) is 33.4 Å². The average molecular weight is 203 g/mol. The van der Waals surface area contributed by atoms with Crippen molar-refractivity contribution < 1.29 is 9.84 Å². The van der Waals surface area contributed by atoms with Crippen LogP contribution >= 0.6 is 0 Å². The van der Waals surface area contributed by atoms with Gasteiger partial charge >= 0.3 is 0 Å². The third-order valence-corrected chi connectivity index (χ3v) is 2.38. The fourth-order valence-corrected chi connectivity index (χ4v) is 1.58. The van der Waals surface area contributed by atoms with Crippen molar-refractivity contribution in [3.63, 3.8) is 0 Å². The minimum atomic E-state index is -0.0522. The van der Waals surface area contributed by atoms with Crippen molar-refractivity contribution in [3.8, 4) is 0 Å². The van der Waals surface area contributed by atoms with Gasteiger partial charge in [0.1, 0.15) is 0 Å². The molecule has 1 aliphatic heterocycles. The highest BCUT2D eigenvalue weighted by atomic mass is 16.5. The summed E-state index contributed by atoms with van der Waals surface area (Å²) < 4.78 is 4.98. The molecule has 1 saturated heterocycles. The molecule has 1 fully saturated rings. The highest BCUT2D eigenvalue weighted by Crippen LogP contribution is 2.09. The van der Waals surface area contributed by atoms with Crippen LogP contribution in [0.3, 0.4) is 0 Å². The Bertz CT molecular complexity index is 112. The molecule has 0 aliphatic carbocycles. The highest BCUT2D eigenvalue weighted by Gasteiger charge is 2.15. The normalized spacial score (nSPS) is 18.9. The molecular weight excluding hydrogens is 178 g/mol. The van der Waals surface area contributed by atoms with E-state index in [4.69, 9.17) is 4.74 Å². The van der Waals surface area contributed by atoms with Gasteiger partial charge in [0.05, 0.1) is 6.10 Å². The number of aliphatic hydroxyl groups is 1. The van der Waals surface area contributed by atoms with E-state index in [0.29, 0.717) is 0 Å². The zero-order valence-corrected chi connectivity index (χ0v) is 9.83. The molecule has 0 spiro atoms. The zero-order chi connectivity index (χ0) is 10.8. The van der Waals surface area contributed by atoms with Crippen molar-refractivity contribution in [2.75, 3.05) is 33.4 Å². The highest BCUT2D eigenvalue weighted by molar-refractivity contribution is 4.70. The molecule has 0 unspecified atom stereocenters. The molecule has 1 rings (SSSR count). The maximum absolute atomic E-state index is 9.25. The Hall–Kier alpha value is -0.120. The Balaban J connectivity index is 0.000000791. The molecule has 14 heavy (non-hydrogen) atoms. The first-order valence-corrected chi connectivity index (χ1v) is 5.72. The van der Waals surface area contributed by atoms with E-state index in [1.54, 1.807) is 7.11 Å². The van der Waals surface area contributed by atoms with Crippen LogP contribution in [-0.4, -0.2) is 49.5 Å². The average Bonchev–Trinajstić information content (AvgIpc) is 2.24. The summed E-state index contributed by atoms with van der Waals surface area (Å²) in [6, 6.07) is 0. The van der Waals surface area contributed by atoms with Crippen LogP contribution in [0.4, 0.5) is 0 Å². The van der Waals surface area contributed by atoms with Gasteiger partial charge in [-0.3, -0.25) is 0 Å². The summed E-state index contributed by atoms with van der Waals surface area (Å²) in [4.78, 5) is 2.39. The number of likely N-dealkylation sites (tertiary alicyclic amines) is 1. The molecule has 0 radical (unpaired) electrons. The first-order chi connectivity index (χ1) is 6.83. The minimum Gasteiger partial charge on any atom is -0.393 e. The molecule has 0 bridgehead atoms. The van der Waals surface area contributed by atoms with Gasteiger partial charge in [-0.1, -0.05) is 13.8 Å². The fourth-order valence-electron chi connectivity index (χ4n) is 1.58. The zero-order valence-electron chi connectivity index (χ0n) is 9.83. The predicted octanol–water partition coefficient (Wildman–Crippen LogP) is 1.51. The van der Waals surface area contributed by atoms with E-state index in [2.05, 4.69) is 4.90 Å². The molecule has 3 nitrogen and oxygen atoms in total. The molecule has 0 aromatic heterocycles. The van der Waals surface area contributed by atoms with Gasteiger partial charge in [0.25, 0.3) is 0 Å². The Kier molecular flexibility index (Phi) is 9.35. The molecule has 1 aliphatic rings. The second kappa shape index (κ2) is 9.44. The van der Waals surface area contributed by atoms with Crippen molar-refractivity contribution in [1.82, 2.24) is 4.90 Å². The molecule has 3 heteroatoms. The van der Waals surface area contributed by atoms with E-state index in [0.717, 1.165) is 45.5 Å². The maximum Gasteiger partial charge on any atom is 0.0564 e. The van der Waals surface area contributed by atoms with Crippen molar-refractivity contribution in [3.05, 3.63) is 0 Å². The van der Waals surface area contributed by atoms with Crippen molar-refractivity contribution in [2.45, 2.75) is 39.2 Å². The minimum absolute atomic E-state index is 0.0522. The smallest absolute Gasteiger partial charge is 0.0564 e. The number of methoxy groups -OCH3 is 1. The van der Waals surface area contributed by atoms with Gasteiger partial charge in [-0.05, 0) is 19.3 Å². The quantitative estimate of drug-likeness (QED) is 0.703. The van der Waals surface area contributed by atoms with Gasteiger partial charge in [-0.2, -0.15) is 0 Å². The van der Waals surface area contributed by atoms with Gasteiger partial charge in [0.15, 0.2) is 0 Å². The van der Waals surface area contributed by atoms with E-state index < -0.39 is 0 Å². The van der Waals surface area contributed by atoms with Crippen molar-refractivity contribution in [2.24, 2.45) is 0 Å². The molecule has 1 heterocycles. The Labute approximate surface area is 88.1 Å². The van der Waals surface area contributed by atoms with Gasteiger partial charge in [0.2, 0.25) is 0 Å². The lowest BCUT2D eigenvalue weighted by molar-refractivity contribution is 0.0771. The molecule has 0 saturated carbocycles. The maximum atomic E-state index is 9.25. The molecule has 1 N–H and O–H groups in total. The largest absolute Gasteiger partial charge is 0.393 e. The molecule has 86 valence electrons. The number of hydrogen-bond donors (Lipinski definition) is 1. The van der Waals surface area contributed by atoms with Crippen LogP contribution in [0, 0.1) is 0 Å². The Morgan fingerprint density at radius 3 is 2.36 bits per heavy atom. The third kappa shape index (κ3) is 6.35. The van der Waals surface area contributed by atoms with E-state index in [-0.39, 0.29) is 6.10 Å². The van der Waals surface area contributed by atoms with Crippen molar-refractivity contribution in [1.29, 1.82) is 0 Å². The summed E-state index contributed by atoms with van der Waals surface area (Å²) in [6.07, 6.45) is 2.93. The van der Waals surface area contributed by atoms with Crippen molar-refractivity contribution >= 4 is 0 Å². The molecule has 0 aromatic rings. The Morgan fingerprint density at radius 2 is 1.86 bits per heavy atom. The summed E-state index contributed by atoms with van der Waals surface area (Å²) >= 11 is 0. The van der Waals surface area contributed by atoms with E-state index in [1.807, 2.05) is 13.8 Å². The monoisotopic (exact) mass is 203 g/mol. The SMILES string of the molecule is CC.COCCCN1CCC(O)CC1. The Morgan fingerprint density at radius 1 is 1.29 bits per heavy atom. The number of ether oxygens (including phenoxy) is 1. The van der Waals surface area contributed by atoms with E-state index in [1.165, 1.54) is 0 Å². The summed E-state index contributed by atoms with van der Waals surface area (Å²) in [6.45, 7) is 8.05. The predicted molar refractivity (Wildman–Crippen MR) is 59.5 cm³/mol. The van der Waals surface area contributed by atoms with Crippen LogP contribution in [0.5, 0.6) is 0 Å². The topological polar surface area (TPSA) is 32.7 Å². The summed E-state index contributed by atoms with van der Waals surface area (Å²) in [5.74, 6) is 0. The second-order valence-corrected chi connectivity index (χ2v) is 3.42. The first-order valence-electron chi connectivity index (χ1n) is 5.72. The molecule has 0 amide bonds. The standard InChI is InChI=1S/C9H19NO2.C2H6/c1-12-8-2-5-10-6-3-9(11)4-7-10;1-2/h9,11H,2-8H2,1H3;1-2H3. The van der Waals surface area contributed by atoms with Crippen LogP contribution in [-0.2, 0) is 4.74 Å². The lowest BCUT2D eigenvalue weighted by Gasteiger charge is -2.29. The number of rotatable bonds is 4. The summed E-state index contributed by atoms with van der Waals surface area (Å²) in [5.41, 5.74) is 0. The fraction of sp³-hybridized carbons (Fsp3) is 1.00. The first kappa shape index (κ1) is 13.9. The molecule has 0 atom stereocenters. The van der Waals surface area contributed by atoms with E-state index >= 15 is 0 Å². The van der Waals surface area contributed by atoms with Gasteiger partial charge in [-0.25, -0.2) is 0 Å². The number of aliphatic hydroxyl groups excluding tert-OH is 1. The number of piperidine rings is 1. The molecule has 0 aromatic carbocycles. The van der Waals surface area contributed by atoms with Gasteiger partial charge in [-0.15, -0.1) is 0 Å². The van der Waals surface area contributed by atoms with Crippen LogP contribution in [0.25, 0.3) is 0 Å². The number of nitrogens with zero attached hydrogens (tertiary/aromatic N) is 1. The van der Waals surface area contributed by atoms with Crippen LogP contribution in [0.2, 0.25) is 0 Å². The lowest BCUT2D eigenvalue weighted by atomic mass is 10.1. The summed E-state index contributed by atoms with van der Waals surface area (Å²) in [5, 5.41) is 9.25. The van der Waals surface area contributed by atoms with Crippen LogP contribution in [0.1, 0.15) is 33.1 Å². The van der Waals surface area contributed by atoms with Gasteiger partial charge < -0.3 is 14.7 Å². The second-order valence-electron chi connectivity index (χ2n) is 3.42. The van der Waals surface area contributed by atoms with Crippen LogP contribution < -0.4 is 0 Å². The van der Waals surface area contributed by atoms with E-state index in [9.17, 15) is 5.11 Å². The number of hydrogen-bond acceptors (Lipinski definition) is 3. The lowest BCUT2D eigenvalue weighted by Crippen LogP contribution is -2.36. The van der Waals surface area contributed by atoms with Crippen LogP contribution in [0.15, 0.2) is 0 Å².